The van der Waals surface area contributed by atoms with Crippen molar-refractivity contribution in [2.75, 3.05) is 18.0 Å². The molecule has 0 unspecified atom stereocenters. The number of rotatable bonds is 4. The molecule has 4 rings (SSSR count). The summed E-state index contributed by atoms with van der Waals surface area (Å²) in [5.74, 6) is 2.56. The molecule has 0 aromatic carbocycles. The molecule has 0 N–H and O–H groups in total. The summed E-state index contributed by atoms with van der Waals surface area (Å²) in [6.45, 7) is 6.80. The van der Waals surface area contributed by atoms with Crippen LogP contribution in [0.1, 0.15) is 41.5 Å². The SMILES string of the molecule is Cc1cnc(C)c(N2CCC[C@@H](c3nccn3Cc3cccnc3)C2)n1. The van der Waals surface area contributed by atoms with Gasteiger partial charge in [0.2, 0.25) is 0 Å². The van der Waals surface area contributed by atoms with Crippen molar-refractivity contribution in [3.05, 3.63) is 65.9 Å². The zero-order chi connectivity index (χ0) is 17.9. The maximum Gasteiger partial charge on any atom is 0.150 e. The van der Waals surface area contributed by atoms with E-state index in [0.717, 1.165) is 55.5 Å². The van der Waals surface area contributed by atoms with Crippen molar-refractivity contribution in [3.63, 3.8) is 0 Å². The minimum Gasteiger partial charge on any atom is -0.354 e. The maximum atomic E-state index is 4.73. The lowest BCUT2D eigenvalue weighted by Gasteiger charge is -2.34. The van der Waals surface area contributed by atoms with Crippen LogP contribution in [0.2, 0.25) is 0 Å². The van der Waals surface area contributed by atoms with E-state index in [-0.39, 0.29) is 0 Å². The second kappa shape index (κ2) is 7.23. The van der Waals surface area contributed by atoms with Gasteiger partial charge in [-0.05, 0) is 38.3 Å². The van der Waals surface area contributed by atoms with Crippen molar-refractivity contribution < 1.29 is 0 Å². The van der Waals surface area contributed by atoms with Crippen LogP contribution in [-0.2, 0) is 6.54 Å². The van der Waals surface area contributed by atoms with Crippen molar-refractivity contribution in [1.29, 1.82) is 0 Å². The first-order chi connectivity index (χ1) is 12.7. The Morgan fingerprint density at radius 1 is 1.15 bits per heavy atom. The number of piperidine rings is 1. The number of hydrogen-bond donors (Lipinski definition) is 0. The predicted molar refractivity (Wildman–Crippen MR) is 101 cm³/mol. The fourth-order valence-electron chi connectivity index (χ4n) is 3.71. The Kier molecular flexibility index (Phi) is 4.65. The van der Waals surface area contributed by atoms with Crippen LogP contribution >= 0.6 is 0 Å². The summed E-state index contributed by atoms with van der Waals surface area (Å²) < 4.78 is 2.25. The number of aryl methyl sites for hydroxylation is 2. The number of pyridine rings is 1. The first-order valence-corrected chi connectivity index (χ1v) is 9.16. The third kappa shape index (κ3) is 3.45. The van der Waals surface area contributed by atoms with E-state index in [9.17, 15) is 0 Å². The highest BCUT2D eigenvalue weighted by Crippen LogP contribution is 2.29. The normalized spacial score (nSPS) is 17.5. The zero-order valence-corrected chi connectivity index (χ0v) is 15.3. The Hall–Kier alpha value is -2.76. The first kappa shape index (κ1) is 16.7. The highest BCUT2D eigenvalue weighted by molar-refractivity contribution is 5.44. The molecule has 1 atom stereocenters. The minimum absolute atomic E-state index is 0.400. The lowest BCUT2D eigenvalue weighted by Crippen LogP contribution is -2.36. The van der Waals surface area contributed by atoms with E-state index in [1.165, 1.54) is 5.56 Å². The average molecular weight is 348 g/mol. The molecule has 1 fully saturated rings. The largest absolute Gasteiger partial charge is 0.354 e. The van der Waals surface area contributed by atoms with Gasteiger partial charge in [-0.25, -0.2) is 9.97 Å². The van der Waals surface area contributed by atoms with Crippen LogP contribution in [0.25, 0.3) is 0 Å². The number of anilines is 1. The van der Waals surface area contributed by atoms with E-state index in [4.69, 9.17) is 4.98 Å². The molecule has 134 valence electrons. The molecule has 3 aromatic rings. The van der Waals surface area contributed by atoms with E-state index in [1.54, 1.807) is 0 Å². The first-order valence-electron chi connectivity index (χ1n) is 9.16. The van der Waals surface area contributed by atoms with E-state index >= 15 is 0 Å². The van der Waals surface area contributed by atoms with Crippen molar-refractivity contribution >= 4 is 5.82 Å². The van der Waals surface area contributed by atoms with Gasteiger partial charge in [-0.2, -0.15) is 0 Å². The van der Waals surface area contributed by atoms with Gasteiger partial charge in [0.25, 0.3) is 0 Å². The Balaban J connectivity index is 1.55. The van der Waals surface area contributed by atoms with Crippen LogP contribution in [0.3, 0.4) is 0 Å². The molecular formula is C20H24N6. The molecule has 0 radical (unpaired) electrons. The average Bonchev–Trinajstić information content (AvgIpc) is 3.13. The fourth-order valence-corrected chi connectivity index (χ4v) is 3.71. The van der Waals surface area contributed by atoms with Crippen LogP contribution in [0, 0.1) is 13.8 Å². The summed E-state index contributed by atoms with van der Waals surface area (Å²) in [4.78, 5) is 20.5. The quantitative estimate of drug-likeness (QED) is 0.725. The maximum absolute atomic E-state index is 4.73. The van der Waals surface area contributed by atoms with Crippen molar-refractivity contribution in [2.45, 2.75) is 39.2 Å². The summed E-state index contributed by atoms with van der Waals surface area (Å²) in [5, 5.41) is 0. The lowest BCUT2D eigenvalue weighted by molar-refractivity contribution is 0.473. The molecule has 1 saturated heterocycles. The zero-order valence-electron chi connectivity index (χ0n) is 15.3. The summed E-state index contributed by atoms with van der Waals surface area (Å²) in [7, 11) is 0. The van der Waals surface area contributed by atoms with E-state index in [2.05, 4.69) is 36.7 Å². The molecular weight excluding hydrogens is 324 g/mol. The third-order valence-electron chi connectivity index (χ3n) is 4.96. The summed E-state index contributed by atoms with van der Waals surface area (Å²) in [6.07, 6.45) is 11.8. The number of hydrogen-bond acceptors (Lipinski definition) is 5. The fraction of sp³-hybridized carbons (Fsp3) is 0.400. The number of nitrogens with zero attached hydrogens (tertiary/aromatic N) is 6. The third-order valence-corrected chi connectivity index (χ3v) is 4.96. The van der Waals surface area contributed by atoms with Gasteiger partial charge in [0.1, 0.15) is 11.6 Å². The van der Waals surface area contributed by atoms with E-state index in [0.29, 0.717) is 5.92 Å². The molecule has 1 aliphatic heterocycles. The van der Waals surface area contributed by atoms with Gasteiger partial charge < -0.3 is 9.47 Å². The summed E-state index contributed by atoms with van der Waals surface area (Å²) in [6, 6.07) is 4.09. The topological polar surface area (TPSA) is 59.7 Å². The van der Waals surface area contributed by atoms with Gasteiger partial charge in [0, 0.05) is 50.0 Å². The van der Waals surface area contributed by atoms with Crippen LogP contribution < -0.4 is 4.90 Å². The van der Waals surface area contributed by atoms with E-state index < -0.39 is 0 Å². The number of imidazole rings is 1. The smallest absolute Gasteiger partial charge is 0.150 e. The summed E-state index contributed by atoms with van der Waals surface area (Å²) >= 11 is 0. The standard InChI is InChI=1S/C20H24N6/c1-15-11-23-16(2)19(24-15)25-9-4-6-18(14-25)20-22-8-10-26(20)13-17-5-3-7-21-12-17/h3,5,7-8,10-12,18H,4,6,9,13-14H2,1-2H3/t18-/m1/s1. The van der Waals surface area contributed by atoms with Crippen molar-refractivity contribution in [2.24, 2.45) is 0 Å². The van der Waals surface area contributed by atoms with Gasteiger partial charge in [-0.15, -0.1) is 0 Å². The van der Waals surface area contributed by atoms with Crippen LogP contribution in [0.5, 0.6) is 0 Å². The molecule has 0 bridgehead atoms. The molecule has 4 heterocycles. The van der Waals surface area contributed by atoms with Gasteiger partial charge in [-0.3, -0.25) is 9.97 Å². The molecule has 0 saturated carbocycles. The van der Waals surface area contributed by atoms with Crippen LogP contribution in [0.15, 0.2) is 43.1 Å². The van der Waals surface area contributed by atoms with Gasteiger partial charge in [0.15, 0.2) is 0 Å². The van der Waals surface area contributed by atoms with Gasteiger partial charge in [-0.1, -0.05) is 6.07 Å². The Morgan fingerprint density at radius 3 is 2.92 bits per heavy atom. The van der Waals surface area contributed by atoms with Crippen LogP contribution in [-0.4, -0.2) is 37.6 Å². The molecule has 0 aliphatic carbocycles. The monoisotopic (exact) mass is 348 g/mol. The molecule has 6 nitrogen and oxygen atoms in total. The Bertz CT molecular complexity index is 873. The highest BCUT2D eigenvalue weighted by atomic mass is 15.2. The number of aromatic nitrogens is 5. The molecule has 0 spiro atoms. The van der Waals surface area contributed by atoms with Crippen molar-refractivity contribution in [3.8, 4) is 0 Å². The van der Waals surface area contributed by atoms with Crippen LogP contribution in [0.4, 0.5) is 5.82 Å². The molecule has 26 heavy (non-hydrogen) atoms. The second-order valence-corrected chi connectivity index (χ2v) is 6.98. The van der Waals surface area contributed by atoms with Gasteiger partial charge >= 0.3 is 0 Å². The van der Waals surface area contributed by atoms with E-state index in [1.807, 2.05) is 44.7 Å². The predicted octanol–water partition coefficient (Wildman–Crippen LogP) is 3.12. The molecule has 0 amide bonds. The molecule has 3 aromatic heterocycles. The van der Waals surface area contributed by atoms with Crippen molar-refractivity contribution in [1.82, 2.24) is 24.5 Å². The highest BCUT2D eigenvalue weighted by Gasteiger charge is 2.26. The molecule has 1 aliphatic rings. The Morgan fingerprint density at radius 2 is 2.08 bits per heavy atom. The molecule has 6 heteroatoms. The summed E-state index contributed by atoms with van der Waals surface area (Å²) in [5.41, 5.74) is 3.15. The lowest BCUT2D eigenvalue weighted by atomic mass is 9.97. The Labute approximate surface area is 154 Å². The second-order valence-electron chi connectivity index (χ2n) is 6.98. The minimum atomic E-state index is 0.400. The van der Waals surface area contributed by atoms with Gasteiger partial charge in [0.05, 0.1) is 17.9 Å².